The van der Waals surface area contributed by atoms with Crippen LogP contribution in [0.1, 0.15) is 44.0 Å². The minimum atomic E-state index is 0.348. The molecule has 84 valence electrons. The molecule has 1 heterocycles. The molecule has 0 saturated heterocycles. The minimum absolute atomic E-state index is 0.348. The molecule has 1 unspecified atom stereocenters. The summed E-state index contributed by atoms with van der Waals surface area (Å²) in [5, 5.41) is 0. The lowest BCUT2D eigenvalue weighted by Gasteiger charge is -2.18. The van der Waals surface area contributed by atoms with E-state index in [4.69, 9.17) is 0 Å². The lowest BCUT2D eigenvalue weighted by Crippen LogP contribution is -2.09. The van der Waals surface area contributed by atoms with Crippen LogP contribution in [0.4, 0.5) is 0 Å². The number of hydrogen-bond acceptors (Lipinski definition) is 1. The van der Waals surface area contributed by atoms with Gasteiger partial charge in [-0.3, -0.25) is 0 Å². The lowest BCUT2D eigenvalue weighted by molar-refractivity contribution is 0.589. The van der Waals surface area contributed by atoms with Crippen LogP contribution < -0.4 is 0 Å². The van der Waals surface area contributed by atoms with Crippen LogP contribution in [0, 0.1) is 0 Å². The van der Waals surface area contributed by atoms with E-state index in [1.54, 1.807) is 0 Å². The molecule has 0 amide bonds. The Kier molecular flexibility index (Phi) is 3.09. The molecular weight excluding hydrogens is 196 g/mol. The Morgan fingerprint density at radius 3 is 2.38 bits per heavy atom. The zero-order chi connectivity index (χ0) is 11.5. The van der Waals surface area contributed by atoms with Crippen LogP contribution in [-0.4, -0.2) is 9.55 Å². The van der Waals surface area contributed by atoms with E-state index in [0.29, 0.717) is 12.0 Å². The van der Waals surface area contributed by atoms with Gasteiger partial charge in [-0.2, -0.15) is 0 Å². The molecule has 2 aromatic rings. The van der Waals surface area contributed by atoms with Crippen molar-refractivity contribution < 1.29 is 0 Å². The van der Waals surface area contributed by atoms with Gasteiger partial charge in [0.15, 0.2) is 0 Å². The second kappa shape index (κ2) is 4.52. The maximum atomic E-state index is 4.25. The summed E-state index contributed by atoms with van der Waals surface area (Å²) in [6.45, 7) is 6.61. The van der Waals surface area contributed by atoms with E-state index in [-0.39, 0.29) is 0 Å². The number of benzene rings is 1. The maximum Gasteiger partial charge on any atom is 0.0953 e. The zero-order valence-electron chi connectivity index (χ0n) is 10.1. The van der Waals surface area contributed by atoms with Crippen molar-refractivity contribution in [2.45, 2.75) is 32.7 Å². The van der Waals surface area contributed by atoms with E-state index in [0.717, 1.165) is 0 Å². The van der Waals surface area contributed by atoms with Gasteiger partial charge in [0.1, 0.15) is 0 Å². The van der Waals surface area contributed by atoms with Gasteiger partial charge in [0.2, 0.25) is 0 Å². The molecule has 0 N–H and O–H groups in total. The Balaban J connectivity index is 2.34. The third-order valence-electron chi connectivity index (χ3n) is 2.99. The van der Waals surface area contributed by atoms with Gasteiger partial charge in [0.05, 0.1) is 12.4 Å². The van der Waals surface area contributed by atoms with Crippen LogP contribution in [0.5, 0.6) is 0 Å². The van der Waals surface area contributed by atoms with Gasteiger partial charge in [-0.05, 0) is 18.4 Å². The van der Waals surface area contributed by atoms with E-state index in [1.165, 1.54) is 11.3 Å². The Hall–Kier alpha value is -1.57. The van der Waals surface area contributed by atoms with Crippen LogP contribution in [0.2, 0.25) is 0 Å². The molecule has 16 heavy (non-hydrogen) atoms. The summed E-state index contributed by atoms with van der Waals surface area (Å²) < 4.78 is 2.25. The minimum Gasteiger partial charge on any atom is -0.327 e. The highest BCUT2D eigenvalue weighted by Crippen LogP contribution is 2.23. The summed E-state index contributed by atoms with van der Waals surface area (Å²) in [6, 6.07) is 10.9. The van der Waals surface area contributed by atoms with Gasteiger partial charge >= 0.3 is 0 Å². The number of hydrogen-bond donors (Lipinski definition) is 0. The van der Waals surface area contributed by atoms with E-state index in [2.05, 4.69) is 54.6 Å². The number of aromatic nitrogens is 2. The molecule has 0 radical (unpaired) electrons. The molecule has 0 aliphatic rings. The van der Waals surface area contributed by atoms with E-state index in [9.17, 15) is 0 Å². The van der Waals surface area contributed by atoms with Crippen molar-refractivity contribution in [3.8, 4) is 0 Å². The highest BCUT2D eigenvalue weighted by Gasteiger charge is 2.12. The summed E-state index contributed by atoms with van der Waals surface area (Å²) in [4.78, 5) is 4.25. The maximum absolute atomic E-state index is 4.25. The molecule has 0 fully saturated rings. The Morgan fingerprint density at radius 1 is 1.06 bits per heavy atom. The summed E-state index contributed by atoms with van der Waals surface area (Å²) >= 11 is 0. The fourth-order valence-electron chi connectivity index (χ4n) is 1.98. The highest BCUT2D eigenvalue weighted by atomic mass is 15.1. The molecule has 2 heteroatoms. The predicted molar refractivity (Wildman–Crippen MR) is 66.6 cm³/mol. The second-order valence-corrected chi connectivity index (χ2v) is 4.47. The standard InChI is InChI=1S/C14H18N2/c1-11(2)14-9-15-10-16(14)12(3)13-7-5-4-6-8-13/h4-12H,1-3H3. The quantitative estimate of drug-likeness (QED) is 0.763. The van der Waals surface area contributed by atoms with Gasteiger partial charge in [-0.1, -0.05) is 44.2 Å². The molecule has 2 nitrogen and oxygen atoms in total. The smallest absolute Gasteiger partial charge is 0.0953 e. The molecule has 0 spiro atoms. The third-order valence-corrected chi connectivity index (χ3v) is 2.99. The second-order valence-electron chi connectivity index (χ2n) is 4.47. The average molecular weight is 214 g/mol. The SMILES string of the molecule is CC(C)c1cncn1C(C)c1ccccc1. The summed E-state index contributed by atoms with van der Waals surface area (Å²) in [6.07, 6.45) is 3.89. The van der Waals surface area contributed by atoms with Gasteiger partial charge in [0.25, 0.3) is 0 Å². The van der Waals surface area contributed by atoms with Gasteiger partial charge in [-0.15, -0.1) is 0 Å². The fourth-order valence-corrected chi connectivity index (χ4v) is 1.98. The Labute approximate surface area is 97.0 Å². The van der Waals surface area contributed by atoms with Gasteiger partial charge in [-0.25, -0.2) is 4.98 Å². The Morgan fingerprint density at radius 2 is 1.75 bits per heavy atom. The molecule has 1 atom stereocenters. The van der Waals surface area contributed by atoms with E-state index < -0.39 is 0 Å². The van der Waals surface area contributed by atoms with Crippen LogP contribution in [0.25, 0.3) is 0 Å². The van der Waals surface area contributed by atoms with Crippen molar-refractivity contribution in [2.24, 2.45) is 0 Å². The first kappa shape index (κ1) is 10.9. The summed E-state index contributed by atoms with van der Waals surface area (Å²) in [5.41, 5.74) is 2.61. The summed E-state index contributed by atoms with van der Waals surface area (Å²) in [5.74, 6) is 0.508. The Bertz CT molecular complexity index is 443. The number of imidazole rings is 1. The topological polar surface area (TPSA) is 17.8 Å². The van der Waals surface area contributed by atoms with Crippen LogP contribution >= 0.6 is 0 Å². The third kappa shape index (κ3) is 2.01. The molecule has 0 aliphatic carbocycles. The lowest BCUT2D eigenvalue weighted by atomic mass is 10.1. The predicted octanol–water partition coefficient (Wildman–Crippen LogP) is 3.62. The van der Waals surface area contributed by atoms with Crippen LogP contribution in [0.3, 0.4) is 0 Å². The van der Waals surface area contributed by atoms with Gasteiger partial charge < -0.3 is 4.57 Å². The van der Waals surface area contributed by atoms with E-state index >= 15 is 0 Å². The molecule has 1 aromatic heterocycles. The fraction of sp³-hybridized carbons (Fsp3) is 0.357. The normalized spacial score (nSPS) is 13.0. The average Bonchev–Trinajstić information content (AvgIpc) is 2.78. The van der Waals surface area contributed by atoms with Crippen molar-refractivity contribution in [1.29, 1.82) is 0 Å². The van der Waals surface area contributed by atoms with Crippen molar-refractivity contribution in [3.05, 3.63) is 54.1 Å². The van der Waals surface area contributed by atoms with Crippen molar-refractivity contribution in [2.75, 3.05) is 0 Å². The molecular formula is C14H18N2. The monoisotopic (exact) mass is 214 g/mol. The molecule has 2 rings (SSSR count). The first-order valence-corrected chi connectivity index (χ1v) is 5.77. The summed E-state index contributed by atoms with van der Waals surface area (Å²) in [7, 11) is 0. The molecule has 1 aromatic carbocycles. The van der Waals surface area contributed by atoms with Gasteiger partial charge in [0, 0.05) is 11.9 Å². The molecule has 0 aliphatic heterocycles. The molecule has 0 saturated carbocycles. The van der Waals surface area contributed by atoms with Crippen molar-refractivity contribution in [1.82, 2.24) is 9.55 Å². The molecule has 0 bridgehead atoms. The van der Waals surface area contributed by atoms with E-state index in [1.807, 2.05) is 18.6 Å². The van der Waals surface area contributed by atoms with Crippen LogP contribution in [0.15, 0.2) is 42.9 Å². The first-order valence-electron chi connectivity index (χ1n) is 5.77. The first-order chi connectivity index (χ1) is 7.70. The van der Waals surface area contributed by atoms with Crippen LogP contribution in [-0.2, 0) is 0 Å². The zero-order valence-corrected chi connectivity index (χ0v) is 10.1. The largest absolute Gasteiger partial charge is 0.327 e. The number of nitrogens with zero attached hydrogens (tertiary/aromatic N) is 2. The van der Waals surface area contributed by atoms with Crippen molar-refractivity contribution in [3.63, 3.8) is 0 Å². The number of rotatable bonds is 3. The van der Waals surface area contributed by atoms with Crippen molar-refractivity contribution >= 4 is 0 Å². The highest BCUT2D eigenvalue weighted by molar-refractivity contribution is 5.21.